The van der Waals surface area contributed by atoms with E-state index in [-0.39, 0.29) is 29.1 Å². The molecule has 1 fully saturated rings. The molecular weight excluding hydrogens is 605 g/mol. The first-order valence-corrected chi connectivity index (χ1v) is 15.9. The van der Waals surface area contributed by atoms with Gasteiger partial charge in [-0.25, -0.2) is 8.42 Å². The van der Waals surface area contributed by atoms with Crippen LogP contribution in [0.3, 0.4) is 0 Å². The van der Waals surface area contributed by atoms with Gasteiger partial charge >= 0.3 is 0 Å². The normalized spacial score (nSPS) is 14.5. The number of benzene rings is 3. The van der Waals surface area contributed by atoms with Crippen molar-refractivity contribution in [2.45, 2.75) is 63.1 Å². The van der Waals surface area contributed by atoms with E-state index in [0.717, 1.165) is 35.6 Å². The number of hydrogen-bond donors (Lipinski definition) is 1. The van der Waals surface area contributed by atoms with Crippen molar-refractivity contribution in [3.63, 3.8) is 0 Å². The lowest BCUT2D eigenvalue weighted by atomic mass is 10.1. The van der Waals surface area contributed by atoms with Crippen LogP contribution in [0, 0.1) is 6.92 Å². The van der Waals surface area contributed by atoms with Gasteiger partial charge in [-0.2, -0.15) is 0 Å². The highest BCUT2D eigenvalue weighted by Gasteiger charge is 2.33. The van der Waals surface area contributed by atoms with E-state index in [4.69, 9.17) is 34.8 Å². The highest BCUT2D eigenvalue weighted by atomic mass is 35.5. The molecule has 7 nitrogen and oxygen atoms in total. The molecule has 0 radical (unpaired) electrons. The van der Waals surface area contributed by atoms with E-state index in [1.165, 1.54) is 23.1 Å². The summed E-state index contributed by atoms with van der Waals surface area (Å²) in [5, 5.41) is 4.12. The summed E-state index contributed by atoms with van der Waals surface area (Å²) in [6.07, 6.45) is 3.83. The maximum absolute atomic E-state index is 14.0. The number of anilines is 1. The van der Waals surface area contributed by atoms with Gasteiger partial charge in [0.15, 0.2) is 0 Å². The molecule has 3 aromatic carbocycles. The van der Waals surface area contributed by atoms with Gasteiger partial charge in [0.25, 0.3) is 10.0 Å². The second kappa shape index (κ2) is 13.5. The number of hydrogen-bond acceptors (Lipinski definition) is 4. The number of amides is 2. The minimum absolute atomic E-state index is 0.0233. The van der Waals surface area contributed by atoms with Crippen LogP contribution < -0.4 is 9.62 Å². The Labute approximate surface area is 256 Å². The zero-order chi connectivity index (χ0) is 29.7. The van der Waals surface area contributed by atoms with E-state index < -0.39 is 28.5 Å². The van der Waals surface area contributed by atoms with Crippen LogP contribution in [0.2, 0.25) is 15.1 Å². The standard InChI is InChI=1S/C30H32Cl3N3O4S/c1-20-10-14-27(15-11-20)41(39,40)36(26-9-5-6-23(31)16-26)19-29(37)35(18-22-12-13-24(32)17-28(22)33)21(2)30(38)34-25-7-3-4-8-25/h5-6,9-17,21,25H,3-4,7-8,18-19H2,1-2H3,(H,34,38)/t21-/m1/s1. The van der Waals surface area contributed by atoms with Gasteiger partial charge in [0.05, 0.1) is 10.6 Å². The number of halogens is 3. The molecule has 11 heteroatoms. The maximum atomic E-state index is 14.0. The largest absolute Gasteiger partial charge is 0.352 e. The lowest BCUT2D eigenvalue weighted by Gasteiger charge is -2.32. The molecule has 1 saturated carbocycles. The van der Waals surface area contributed by atoms with Crippen molar-refractivity contribution in [3.8, 4) is 0 Å². The van der Waals surface area contributed by atoms with Gasteiger partial charge in [0, 0.05) is 27.7 Å². The van der Waals surface area contributed by atoms with Crippen LogP contribution in [0.1, 0.15) is 43.7 Å². The minimum Gasteiger partial charge on any atom is -0.352 e. The summed E-state index contributed by atoms with van der Waals surface area (Å²) in [5.41, 5.74) is 1.68. The fourth-order valence-corrected chi connectivity index (χ4v) is 6.86. The molecule has 0 aliphatic heterocycles. The van der Waals surface area contributed by atoms with E-state index in [2.05, 4.69) is 5.32 Å². The van der Waals surface area contributed by atoms with Crippen molar-refractivity contribution in [3.05, 3.63) is 92.9 Å². The van der Waals surface area contributed by atoms with Crippen molar-refractivity contribution >= 4 is 62.3 Å². The number of rotatable bonds is 10. The smallest absolute Gasteiger partial charge is 0.264 e. The lowest BCUT2D eigenvalue weighted by molar-refractivity contribution is -0.139. The molecule has 218 valence electrons. The second-order valence-electron chi connectivity index (χ2n) is 10.2. The molecule has 2 amide bonds. The van der Waals surface area contributed by atoms with Crippen molar-refractivity contribution in [1.82, 2.24) is 10.2 Å². The third-order valence-corrected chi connectivity index (χ3v) is 9.82. The van der Waals surface area contributed by atoms with Gasteiger partial charge in [-0.3, -0.25) is 13.9 Å². The molecule has 41 heavy (non-hydrogen) atoms. The summed E-state index contributed by atoms with van der Waals surface area (Å²) < 4.78 is 28.8. The van der Waals surface area contributed by atoms with Crippen LogP contribution in [0.25, 0.3) is 0 Å². The van der Waals surface area contributed by atoms with E-state index in [1.807, 2.05) is 6.92 Å². The predicted octanol–water partition coefficient (Wildman–Crippen LogP) is 6.63. The molecule has 0 aromatic heterocycles. The molecule has 0 spiro atoms. The summed E-state index contributed by atoms with van der Waals surface area (Å²) in [4.78, 5) is 28.7. The second-order valence-corrected chi connectivity index (χ2v) is 13.4. The quantitative estimate of drug-likeness (QED) is 0.271. The topological polar surface area (TPSA) is 86.8 Å². The molecule has 1 atom stereocenters. The number of carbonyl (C=O) groups is 2. The average molecular weight is 637 g/mol. The first-order chi connectivity index (χ1) is 19.5. The zero-order valence-electron chi connectivity index (χ0n) is 22.8. The molecule has 0 heterocycles. The number of nitrogens with one attached hydrogen (secondary N) is 1. The molecule has 4 rings (SSSR count). The van der Waals surface area contributed by atoms with Crippen LogP contribution in [0.5, 0.6) is 0 Å². The highest BCUT2D eigenvalue weighted by molar-refractivity contribution is 7.92. The zero-order valence-corrected chi connectivity index (χ0v) is 25.9. The predicted molar refractivity (Wildman–Crippen MR) is 164 cm³/mol. The van der Waals surface area contributed by atoms with Gasteiger partial charge in [0.2, 0.25) is 11.8 Å². The number of aryl methyl sites for hydroxylation is 1. The third-order valence-electron chi connectivity index (χ3n) is 7.21. The summed E-state index contributed by atoms with van der Waals surface area (Å²) in [6, 6.07) is 16.7. The SMILES string of the molecule is Cc1ccc(S(=O)(=O)N(CC(=O)N(Cc2ccc(Cl)cc2Cl)[C@H](C)C(=O)NC2CCCC2)c2cccc(Cl)c2)cc1. The Morgan fingerprint density at radius 1 is 0.951 bits per heavy atom. The van der Waals surface area contributed by atoms with Gasteiger partial charge in [-0.05, 0) is 74.7 Å². The molecule has 0 unspecified atom stereocenters. The monoisotopic (exact) mass is 635 g/mol. The number of sulfonamides is 1. The maximum Gasteiger partial charge on any atom is 0.264 e. The third kappa shape index (κ3) is 7.74. The van der Waals surface area contributed by atoms with Crippen LogP contribution in [0.15, 0.2) is 71.6 Å². The van der Waals surface area contributed by atoms with E-state index in [0.29, 0.717) is 20.6 Å². The summed E-state index contributed by atoms with van der Waals surface area (Å²) >= 11 is 18.7. The summed E-state index contributed by atoms with van der Waals surface area (Å²) in [7, 11) is -4.18. The number of carbonyl (C=O) groups excluding carboxylic acids is 2. The Morgan fingerprint density at radius 2 is 1.61 bits per heavy atom. The van der Waals surface area contributed by atoms with E-state index >= 15 is 0 Å². The van der Waals surface area contributed by atoms with Gasteiger partial charge in [0.1, 0.15) is 12.6 Å². The van der Waals surface area contributed by atoms with Crippen molar-refractivity contribution in [2.24, 2.45) is 0 Å². The minimum atomic E-state index is -4.18. The molecule has 0 saturated heterocycles. The lowest BCUT2D eigenvalue weighted by Crippen LogP contribution is -2.52. The molecule has 1 aliphatic carbocycles. The van der Waals surface area contributed by atoms with Crippen LogP contribution in [0.4, 0.5) is 5.69 Å². The van der Waals surface area contributed by atoms with E-state index in [1.54, 1.807) is 55.5 Å². The first-order valence-electron chi connectivity index (χ1n) is 13.3. The fraction of sp³-hybridized carbons (Fsp3) is 0.333. The average Bonchev–Trinajstić information content (AvgIpc) is 3.44. The molecule has 1 aliphatic rings. The first kappa shape index (κ1) is 31.2. The van der Waals surface area contributed by atoms with Gasteiger partial charge in [-0.1, -0.05) is 77.5 Å². The fourth-order valence-electron chi connectivity index (χ4n) is 4.81. The Hall–Kier alpha value is -2.78. The Morgan fingerprint density at radius 3 is 2.24 bits per heavy atom. The van der Waals surface area contributed by atoms with Crippen molar-refractivity contribution < 1.29 is 18.0 Å². The summed E-state index contributed by atoms with van der Waals surface area (Å²) in [6.45, 7) is 2.89. The molecular formula is C30H32Cl3N3O4S. The highest BCUT2D eigenvalue weighted by Crippen LogP contribution is 2.28. The molecule has 0 bridgehead atoms. The van der Waals surface area contributed by atoms with E-state index in [9.17, 15) is 18.0 Å². The van der Waals surface area contributed by atoms with Crippen molar-refractivity contribution in [1.29, 1.82) is 0 Å². The Bertz CT molecular complexity index is 1510. The number of nitrogens with zero attached hydrogens (tertiary/aromatic N) is 2. The Balaban J connectivity index is 1.70. The van der Waals surface area contributed by atoms with Crippen LogP contribution >= 0.6 is 34.8 Å². The molecule has 3 aromatic rings. The van der Waals surface area contributed by atoms with Crippen LogP contribution in [-0.4, -0.2) is 43.8 Å². The van der Waals surface area contributed by atoms with Crippen LogP contribution in [-0.2, 0) is 26.2 Å². The van der Waals surface area contributed by atoms with Gasteiger partial charge in [-0.15, -0.1) is 0 Å². The van der Waals surface area contributed by atoms with Gasteiger partial charge < -0.3 is 10.2 Å². The van der Waals surface area contributed by atoms with Crippen molar-refractivity contribution in [2.75, 3.05) is 10.8 Å². The Kier molecular flexibility index (Phi) is 10.2. The molecule has 1 N–H and O–H groups in total. The summed E-state index contributed by atoms with van der Waals surface area (Å²) in [5.74, 6) is -0.896.